The standard InChI is InChI=1S/C40H34N6/c1-39(2)40(3,4)46-34-18-12-11-17-33(34)41-38(46)45(39)32-25-23-31(24-26-32)37-43-35(29-15-9-6-10-16-29)42-36(44-37)30-21-19-28(20-22-30)27-13-7-5-8-14-27/h5-26H,1-4H3. The van der Waals surface area contributed by atoms with E-state index in [1.165, 1.54) is 5.56 Å². The van der Waals surface area contributed by atoms with Gasteiger partial charge in [0.2, 0.25) is 5.95 Å². The lowest BCUT2D eigenvalue weighted by atomic mass is 9.82. The minimum Gasteiger partial charge on any atom is -0.304 e. The maximum absolute atomic E-state index is 5.09. The molecule has 2 aromatic heterocycles. The van der Waals surface area contributed by atoms with E-state index < -0.39 is 0 Å². The maximum Gasteiger partial charge on any atom is 0.212 e. The zero-order chi connectivity index (χ0) is 31.5. The molecule has 0 saturated heterocycles. The van der Waals surface area contributed by atoms with Crippen LogP contribution in [0.25, 0.3) is 56.3 Å². The zero-order valence-corrected chi connectivity index (χ0v) is 26.4. The highest BCUT2D eigenvalue weighted by Crippen LogP contribution is 2.51. The first-order chi connectivity index (χ1) is 22.3. The summed E-state index contributed by atoms with van der Waals surface area (Å²) >= 11 is 0. The maximum atomic E-state index is 5.09. The molecule has 1 aliphatic heterocycles. The van der Waals surface area contributed by atoms with Crippen LogP contribution in [0.5, 0.6) is 0 Å². The summed E-state index contributed by atoms with van der Waals surface area (Å²) in [7, 11) is 0. The van der Waals surface area contributed by atoms with Crippen molar-refractivity contribution in [3.05, 3.63) is 133 Å². The summed E-state index contributed by atoms with van der Waals surface area (Å²) in [6.45, 7) is 9.17. The number of para-hydroxylation sites is 2. The average molecular weight is 599 g/mol. The van der Waals surface area contributed by atoms with E-state index in [9.17, 15) is 0 Å². The second-order valence-electron chi connectivity index (χ2n) is 12.9. The molecule has 3 heterocycles. The third kappa shape index (κ3) is 4.40. The topological polar surface area (TPSA) is 59.7 Å². The van der Waals surface area contributed by atoms with Crippen LogP contribution in [0.2, 0.25) is 0 Å². The lowest BCUT2D eigenvalue weighted by Gasteiger charge is -2.41. The van der Waals surface area contributed by atoms with E-state index >= 15 is 0 Å². The zero-order valence-electron chi connectivity index (χ0n) is 26.4. The molecule has 224 valence electrons. The van der Waals surface area contributed by atoms with Crippen LogP contribution in [0.3, 0.4) is 0 Å². The largest absolute Gasteiger partial charge is 0.304 e. The Morgan fingerprint density at radius 3 is 1.43 bits per heavy atom. The van der Waals surface area contributed by atoms with Gasteiger partial charge in [-0.25, -0.2) is 19.9 Å². The number of nitrogens with zero attached hydrogens (tertiary/aromatic N) is 6. The molecule has 0 unspecified atom stereocenters. The van der Waals surface area contributed by atoms with Crippen LogP contribution in [0.15, 0.2) is 133 Å². The summed E-state index contributed by atoms with van der Waals surface area (Å²) < 4.78 is 2.38. The van der Waals surface area contributed by atoms with Gasteiger partial charge in [0.25, 0.3) is 0 Å². The van der Waals surface area contributed by atoms with Crippen LogP contribution in [0.4, 0.5) is 11.6 Å². The van der Waals surface area contributed by atoms with E-state index in [2.05, 4.69) is 128 Å². The Bertz CT molecular complexity index is 2180. The fraction of sp³-hybridized carbons (Fsp3) is 0.150. The summed E-state index contributed by atoms with van der Waals surface area (Å²) in [5, 5.41) is 0. The van der Waals surface area contributed by atoms with Crippen LogP contribution < -0.4 is 4.90 Å². The quantitative estimate of drug-likeness (QED) is 0.197. The highest BCUT2D eigenvalue weighted by atomic mass is 15.4. The van der Waals surface area contributed by atoms with Gasteiger partial charge in [-0.15, -0.1) is 0 Å². The van der Waals surface area contributed by atoms with E-state index in [0.717, 1.165) is 44.9 Å². The third-order valence-electron chi connectivity index (χ3n) is 9.66. The molecular formula is C40H34N6. The molecule has 0 spiro atoms. The molecule has 46 heavy (non-hydrogen) atoms. The van der Waals surface area contributed by atoms with Crippen molar-refractivity contribution in [1.82, 2.24) is 24.5 Å². The Morgan fingerprint density at radius 2 is 0.848 bits per heavy atom. The summed E-state index contributed by atoms with van der Waals surface area (Å²) in [4.78, 5) is 22.3. The van der Waals surface area contributed by atoms with Gasteiger partial charge in [0.1, 0.15) is 0 Å². The highest BCUT2D eigenvalue weighted by Gasteiger charge is 2.53. The number of fused-ring (bicyclic) bond motifs is 3. The lowest BCUT2D eigenvalue weighted by molar-refractivity contribution is 0.253. The fourth-order valence-corrected chi connectivity index (χ4v) is 6.50. The summed E-state index contributed by atoms with van der Waals surface area (Å²) in [6.07, 6.45) is 0. The Labute approximate surface area is 269 Å². The Hall–Kier alpha value is -5.62. The van der Waals surface area contributed by atoms with Crippen LogP contribution in [-0.2, 0) is 5.54 Å². The SMILES string of the molecule is CC1(C)N(c2ccc(-c3nc(-c4ccccc4)nc(-c4ccc(-c5ccccc5)cc4)n3)cc2)c2nc3ccccc3n2C1(C)C. The van der Waals surface area contributed by atoms with E-state index in [-0.39, 0.29) is 11.1 Å². The molecule has 6 nitrogen and oxygen atoms in total. The number of imidazole rings is 1. The van der Waals surface area contributed by atoms with Gasteiger partial charge in [-0.3, -0.25) is 0 Å². The first kappa shape index (κ1) is 27.9. The smallest absolute Gasteiger partial charge is 0.212 e. The second-order valence-corrected chi connectivity index (χ2v) is 12.9. The van der Waals surface area contributed by atoms with Gasteiger partial charge >= 0.3 is 0 Å². The van der Waals surface area contributed by atoms with Crippen molar-refractivity contribution in [3.8, 4) is 45.3 Å². The number of benzene rings is 5. The summed E-state index contributed by atoms with van der Waals surface area (Å²) in [5.74, 6) is 2.88. The second kappa shape index (κ2) is 10.5. The summed E-state index contributed by atoms with van der Waals surface area (Å²) in [6, 6.07) is 45.8. The minimum absolute atomic E-state index is 0.194. The van der Waals surface area contributed by atoms with Gasteiger partial charge in [-0.1, -0.05) is 97.1 Å². The van der Waals surface area contributed by atoms with Gasteiger partial charge in [-0.2, -0.15) is 0 Å². The fourth-order valence-electron chi connectivity index (χ4n) is 6.50. The Kier molecular flexibility index (Phi) is 6.36. The highest BCUT2D eigenvalue weighted by molar-refractivity contribution is 5.83. The molecule has 5 aromatic carbocycles. The minimum atomic E-state index is -0.229. The van der Waals surface area contributed by atoms with Crippen molar-refractivity contribution in [2.75, 3.05) is 4.90 Å². The molecule has 7 aromatic rings. The Balaban J connectivity index is 1.20. The molecule has 1 aliphatic rings. The number of hydrogen-bond acceptors (Lipinski definition) is 5. The van der Waals surface area contributed by atoms with Gasteiger partial charge in [0.15, 0.2) is 17.5 Å². The van der Waals surface area contributed by atoms with Crippen molar-refractivity contribution >= 4 is 22.7 Å². The molecule has 0 aliphatic carbocycles. The first-order valence-corrected chi connectivity index (χ1v) is 15.7. The monoisotopic (exact) mass is 598 g/mol. The van der Waals surface area contributed by atoms with Crippen molar-refractivity contribution in [3.63, 3.8) is 0 Å². The predicted molar refractivity (Wildman–Crippen MR) is 187 cm³/mol. The lowest BCUT2D eigenvalue weighted by Crippen LogP contribution is -2.50. The molecule has 0 bridgehead atoms. The first-order valence-electron chi connectivity index (χ1n) is 15.7. The van der Waals surface area contributed by atoms with Gasteiger partial charge in [-0.05, 0) is 75.2 Å². The van der Waals surface area contributed by atoms with Gasteiger partial charge in [0.05, 0.1) is 22.1 Å². The van der Waals surface area contributed by atoms with Gasteiger partial charge in [0, 0.05) is 22.4 Å². The molecular weight excluding hydrogens is 564 g/mol. The molecule has 0 radical (unpaired) electrons. The normalized spacial score (nSPS) is 14.8. The molecule has 0 atom stereocenters. The van der Waals surface area contributed by atoms with E-state index in [0.29, 0.717) is 17.5 Å². The van der Waals surface area contributed by atoms with Crippen LogP contribution in [0.1, 0.15) is 27.7 Å². The molecule has 8 rings (SSSR count). The Morgan fingerprint density at radius 1 is 0.413 bits per heavy atom. The molecule has 6 heteroatoms. The molecule has 0 N–H and O–H groups in total. The summed E-state index contributed by atoms with van der Waals surface area (Å²) in [5.41, 5.74) is 7.95. The van der Waals surface area contributed by atoms with Crippen molar-refractivity contribution in [1.29, 1.82) is 0 Å². The molecule has 0 fully saturated rings. The van der Waals surface area contributed by atoms with Crippen LogP contribution >= 0.6 is 0 Å². The number of anilines is 2. The molecule has 0 amide bonds. The van der Waals surface area contributed by atoms with E-state index in [1.54, 1.807) is 0 Å². The van der Waals surface area contributed by atoms with E-state index in [4.69, 9.17) is 19.9 Å². The molecule has 0 saturated carbocycles. The average Bonchev–Trinajstić information content (AvgIpc) is 3.55. The predicted octanol–water partition coefficient (Wildman–Crippen LogP) is 9.55. The van der Waals surface area contributed by atoms with Crippen LogP contribution in [0, 0.1) is 0 Å². The van der Waals surface area contributed by atoms with Crippen molar-refractivity contribution in [2.24, 2.45) is 0 Å². The van der Waals surface area contributed by atoms with Crippen molar-refractivity contribution < 1.29 is 0 Å². The third-order valence-corrected chi connectivity index (χ3v) is 9.66. The van der Waals surface area contributed by atoms with E-state index in [1.807, 2.05) is 42.5 Å². The van der Waals surface area contributed by atoms with Gasteiger partial charge < -0.3 is 9.47 Å². The number of hydrogen-bond donors (Lipinski definition) is 0. The number of rotatable bonds is 5. The van der Waals surface area contributed by atoms with Crippen molar-refractivity contribution in [2.45, 2.75) is 38.8 Å². The number of aromatic nitrogens is 5. The van der Waals surface area contributed by atoms with Crippen LogP contribution in [-0.4, -0.2) is 30.0 Å².